The van der Waals surface area contributed by atoms with E-state index < -0.39 is 0 Å². The number of hydrogen-bond acceptors (Lipinski definition) is 3. The predicted molar refractivity (Wildman–Crippen MR) is 83.2 cm³/mol. The molecule has 2 rings (SSSR count). The summed E-state index contributed by atoms with van der Waals surface area (Å²) >= 11 is 11.7. The quantitative estimate of drug-likeness (QED) is 0.723. The molecular formula is C16H13Cl2NO2. The summed E-state index contributed by atoms with van der Waals surface area (Å²) in [5, 5.41) is 9.91. The van der Waals surface area contributed by atoms with Crippen molar-refractivity contribution >= 4 is 23.2 Å². The smallest absolute Gasteiger partial charge is 0.137 e. The van der Waals surface area contributed by atoms with Gasteiger partial charge in [-0.2, -0.15) is 5.26 Å². The molecule has 3 nitrogen and oxygen atoms in total. The lowest BCUT2D eigenvalue weighted by atomic mass is 10.2. The van der Waals surface area contributed by atoms with Crippen molar-refractivity contribution in [3.63, 3.8) is 0 Å². The Kier molecular flexibility index (Phi) is 5.74. The normalized spacial score (nSPS) is 9.95. The summed E-state index contributed by atoms with van der Waals surface area (Å²) in [6.45, 7) is 0.965. The fraction of sp³-hybridized carbons (Fsp3) is 0.188. The average molecular weight is 322 g/mol. The van der Waals surface area contributed by atoms with Crippen molar-refractivity contribution in [1.82, 2.24) is 0 Å². The standard InChI is InChI=1S/C16H13Cl2NO2/c17-14-7-6-13(10-15(14)18)20-8-3-9-21-16-5-2-1-4-12(16)11-19/h1-2,4-7,10H,3,8-9H2. The van der Waals surface area contributed by atoms with Gasteiger partial charge < -0.3 is 9.47 Å². The Bertz CT molecular complexity index is 653. The number of para-hydroxylation sites is 1. The van der Waals surface area contributed by atoms with Gasteiger partial charge in [0.1, 0.15) is 17.6 Å². The first kappa shape index (κ1) is 15.5. The zero-order chi connectivity index (χ0) is 15.1. The third-order valence-electron chi connectivity index (χ3n) is 2.71. The van der Waals surface area contributed by atoms with Gasteiger partial charge in [0.15, 0.2) is 0 Å². The maximum Gasteiger partial charge on any atom is 0.137 e. The maximum absolute atomic E-state index is 8.94. The van der Waals surface area contributed by atoms with Crippen LogP contribution >= 0.6 is 23.2 Å². The van der Waals surface area contributed by atoms with Crippen molar-refractivity contribution in [3.05, 3.63) is 58.1 Å². The molecule has 0 aliphatic rings. The minimum Gasteiger partial charge on any atom is -0.493 e. The Hall–Kier alpha value is -1.89. The summed E-state index contributed by atoms with van der Waals surface area (Å²) in [5.74, 6) is 1.26. The molecule has 0 aliphatic heterocycles. The lowest BCUT2D eigenvalue weighted by Crippen LogP contribution is -2.05. The average Bonchev–Trinajstić information content (AvgIpc) is 2.51. The van der Waals surface area contributed by atoms with E-state index in [2.05, 4.69) is 6.07 Å². The van der Waals surface area contributed by atoms with Crippen molar-refractivity contribution < 1.29 is 9.47 Å². The van der Waals surface area contributed by atoms with Crippen LogP contribution in [0, 0.1) is 11.3 Å². The van der Waals surface area contributed by atoms with Gasteiger partial charge in [0.25, 0.3) is 0 Å². The highest BCUT2D eigenvalue weighted by Gasteiger charge is 2.02. The number of benzene rings is 2. The number of hydrogen-bond donors (Lipinski definition) is 0. The Balaban J connectivity index is 1.75. The zero-order valence-corrected chi connectivity index (χ0v) is 12.7. The molecule has 0 atom stereocenters. The summed E-state index contributed by atoms with van der Waals surface area (Å²) in [5.41, 5.74) is 0.530. The summed E-state index contributed by atoms with van der Waals surface area (Å²) in [4.78, 5) is 0. The van der Waals surface area contributed by atoms with Gasteiger partial charge >= 0.3 is 0 Å². The Morgan fingerprint density at radius 2 is 1.71 bits per heavy atom. The second kappa shape index (κ2) is 7.78. The highest BCUT2D eigenvalue weighted by molar-refractivity contribution is 6.42. The van der Waals surface area contributed by atoms with Crippen LogP contribution in [0.3, 0.4) is 0 Å². The molecule has 0 radical (unpaired) electrons. The van der Waals surface area contributed by atoms with Crippen LogP contribution in [0.4, 0.5) is 0 Å². The van der Waals surface area contributed by atoms with Gasteiger partial charge in [-0.05, 0) is 24.3 Å². The molecule has 0 saturated heterocycles. The first-order valence-corrected chi connectivity index (χ1v) is 7.16. The number of nitriles is 1. The van der Waals surface area contributed by atoms with E-state index in [4.69, 9.17) is 37.9 Å². The highest BCUT2D eigenvalue weighted by atomic mass is 35.5. The van der Waals surface area contributed by atoms with E-state index in [0.717, 1.165) is 0 Å². The topological polar surface area (TPSA) is 42.2 Å². The fourth-order valence-corrected chi connectivity index (χ4v) is 1.97. The summed E-state index contributed by atoms with van der Waals surface area (Å²) in [7, 11) is 0. The van der Waals surface area contributed by atoms with Crippen molar-refractivity contribution in [2.45, 2.75) is 6.42 Å². The van der Waals surface area contributed by atoms with Crippen molar-refractivity contribution in [1.29, 1.82) is 5.26 Å². The molecule has 2 aromatic carbocycles. The summed E-state index contributed by atoms with van der Waals surface area (Å²) in [6, 6.07) is 14.4. The van der Waals surface area contributed by atoms with E-state index in [9.17, 15) is 0 Å². The van der Waals surface area contributed by atoms with E-state index in [0.29, 0.717) is 46.7 Å². The molecule has 0 N–H and O–H groups in total. The lowest BCUT2D eigenvalue weighted by molar-refractivity contribution is 0.247. The van der Waals surface area contributed by atoms with Gasteiger partial charge in [0.05, 0.1) is 28.8 Å². The Labute approximate surface area is 133 Å². The van der Waals surface area contributed by atoms with Crippen LogP contribution in [0.5, 0.6) is 11.5 Å². The minimum atomic E-state index is 0.466. The number of rotatable bonds is 6. The number of nitrogens with zero attached hydrogens (tertiary/aromatic N) is 1. The van der Waals surface area contributed by atoms with E-state index in [-0.39, 0.29) is 0 Å². The Morgan fingerprint density at radius 1 is 0.952 bits per heavy atom. The van der Waals surface area contributed by atoms with Crippen molar-refractivity contribution in [2.24, 2.45) is 0 Å². The van der Waals surface area contributed by atoms with E-state index in [1.165, 1.54) is 0 Å². The maximum atomic E-state index is 8.94. The predicted octanol–water partition coefficient (Wildman–Crippen LogP) is 4.71. The molecule has 2 aromatic rings. The first-order chi connectivity index (χ1) is 10.2. The third-order valence-corrected chi connectivity index (χ3v) is 3.45. The molecule has 0 bridgehead atoms. The molecule has 108 valence electrons. The fourth-order valence-electron chi connectivity index (χ4n) is 1.68. The molecule has 21 heavy (non-hydrogen) atoms. The Morgan fingerprint density at radius 3 is 2.48 bits per heavy atom. The second-order valence-electron chi connectivity index (χ2n) is 4.23. The third kappa shape index (κ3) is 4.56. The van der Waals surface area contributed by atoms with Crippen LogP contribution < -0.4 is 9.47 Å². The van der Waals surface area contributed by atoms with Gasteiger partial charge in [-0.3, -0.25) is 0 Å². The minimum absolute atomic E-state index is 0.466. The van der Waals surface area contributed by atoms with Crippen molar-refractivity contribution in [2.75, 3.05) is 13.2 Å². The van der Waals surface area contributed by atoms with Gasteiger partial charge in [0, 0.05) is 12.5 Å². The van der Waals surface area contributed by atoms with Crippen molar-refractivity contribution in [3.8, 4) is 17.6 Å². The molecule has 0 spiro atoms. The van der Waals surface area contributed by atoms with E-state index in [1.807, 2.05) is 6.07 Å². The van der Waals surface area contributed by atoms with Gasteiger partial charge in [-0.1, -0.05) is 35.3 Å². The van der Waals surface area contributed by atoms with Gasteiger partial charge in [0.2, 0.25) is 0 Å². The molecule has 0 saturated carbocycles. The SMILES string of the molecule is N#Cc1ccccc1OCCCOc1ccc(Cl)c(Cl)c1. The molecule has 0 fully saturated rings. The van der Waals surface area contributed by atoms with Crippen LogP contribution in [0.2, 0.25) is 10.0 Å². The molecule has 0 aliphatic carbocycles. The van der Waals surface area contributed by atoms with Gasteiger partial charge in [-0.25, -0.2) is 0 Å². The number of ether oxygens (including phenoxy) is 2. The molecule has 5 heteroatoms. The molecule has 0 amide bonds. The molecule has 0 aromatic heterocycles. The molecular weight excluding hydrogens is 309 g/mol. The van der Waals surface area contributed by atoms with E-state index >= 15 is 0 Å². The lowest BCUT2D eigenvalue weighted by Gasteiger charge is -2.09. The summed E-state index contributed by atoms with van der Waals surface area (Å²) in [6.07, 6.45) is 0.694. The van der Waals surface area contributed by atoms with Crippen LogP contribution in [-0.2, 0) is 0 Å². The monoisotopic (exact) mass is 321 g/mol. The van der Waals surface area contributed by atoms with Crippen LogP contribution in [-0.4, -0.2) is 13.2 Å². The zero-order valence-electron chi connectivity index (χ0n) is 11.2. The highest BCUT2D eigenvalue weighted by Crippen LogP contribution is 2.26. The number of halogens is 2. The van der Waals surface area contributed by atoms with Crippen LogP contribution in [0.25, 0.3) is 0 Å². The second-order valence-corrected chi connectivity index (χ2v) is 5.05. The van der Waals surface area contributed by atoms with Crippen LogP contribution in [0.1, 0.15) is 12.0 Å². The summed E-state index contributed by atoms with van der Waals surface area (Å²) < 4.78 is 11.1. The molecule has 0 heterocycles. The largest absolute Gasteiger partial charge is 0.493 e. The van der Waals surface area contributed by atoms with Crippen LogP contribution in [0.15, 0.2) is 42.5 Å². The molecule has 0 unspecified atom stereocenters. The van der Waals surface area contributed by atoms with E-state index in [1.54, 1.807) is 36.4 Å². The van der Waals surface area contributed by atoms with Gasteiger partial charge in [-0.15, -0.1) is 0 Å². The first-order valence-electron chi connectivity index (χ1n) is 6.40.